The number of hydrogen-bond donors (Lipinski definition) is 0. The Labute approximate surface area is 99.9 Å². The maximum atomic E-state index is 4.43. The van der Waals surface area contributed by atoms with Crippen molar-refractivity contribution in [2.45, 2.75) is 20.3 Å². The van der Waals surface area contributed by atoms with Crippen LogP contribution in [-0.2, 0) is 0 Å². The van der Waals surface area contributed by atoms with E-state index in [2.05, 4.69) is 58.5 Å². The van der Waals surface area contributed by atoms with Crippen molar-refractivity contribution in [2.24, 2.45) is 0 Å². The monoisotopic (exact) mass is 304 g/mol. The summed E-state index contributed by atoms with van der Waals surface area (Å²) < 4.78 is 1.21. The number of rotatable bonds is 5. The van der Waals surface area contributed by atoms with Gasteiger partial charge < -0.3 is 4.90 Å². The Kier molecular flexibility index (Phi) is 5.22. The van der Waals surface area contributed by atoms with Gasteiger partial charge in [-0.15, -0.1) is 0 Å². The van der Waals surface area contributed by atoms with Crippen LogP contribution < -0.4 is 4.90 Å². The molecule has 1 heterocycles. The molecule has 1 rings (SSSR count). The van der Waals surface area contributed by atoms with Crippen molar-refractivity contribution in [3.05, 3.63) is 23.9 Å². The zero-order chi connectivity index (χ0) is 10.4. The number of aromatic nitrogens is 1. The van der Waals surface area contributed by atoms with Crippen LogP contribution in [0.15, 0.2) is 18.3 Å². The lowest BCUT2D eigenvalue weighted by molar-refractivity contribution is 0.787. The summed E-state index contributed by atoms with van der Waals surface area (Å²) in [5.74, 6) is 1.10. The summed E-state index contributed by atoms with van der Waals surface area (Å²) in [6.07, 6.45) is 3.16. The molecule has 14 heavy (non-hydrogen) atoms. The smallest absolute Gasteiger partial charge is 0.128 e. The number of alkyl halides is 1. The summed E-state index contributed by atoms with van der Waals surface area (Å²) in [5.41, 5.74) is 1.22. The van der Waals surface area contributed by atoms with Crippen molar-refractivity contribution in [1.82, 2.24) is 4.98 Å². The van der Waals surface area contributed by atoms with Crippen molar-refractivity contribution in [1.29, 1.82) is 0 Å². The van der Waals surface area contributed by atoms with Crippen LogP contribution in [-0.4, -0.2) is 22.5 Å². The van der Waals surface area contributed by atoms with Crippen LogP contribution in [0.1, 0.15) is 18.9 Å². The highest BCUT2D eigenvalue weighted by molar-refractivity contribution is 14.1. The summed E-state index contributed by atoms with van der Waals surface area (Å²) in [4.78, 5) is 6.74. The molecule has 0 unspecified atom stereocenters. The van der Waals surface area contributed by atoms with Crippen LogP contribution in [0.3, 0.4) is 0 Å². The van der Waals surface area contributed by atoms with Gasteiger partial charge in [0.2, 0.25) is 0 Å². The molecule has 1 aromatic rings. The molecule has 78 valence electrons. The van der Waals surface area contributed by atoms with E-state index in [1.807, 2.05) is 6.20 Å². The van der Waals surface area contributed by atoms with E-state index >= 15 is 0 Å². The van der Waals surface area contributed by atoms with Gasteiger partial charge in [0.1, 0.15) is 5.82 Å². The number of pyridine rings is 1. The summed E-state index contributed by atoms with van der Waals surface area (Å²) in [5, 5.41) is 0. The molecule has 0 amide bonds. The second kappa shape index (κ2) is 6.22. The highest BCUT2D eigenvalue weighted by Gasteiger charge is 2.03. The topological polar surface area (TPSA) is 16.1 Å². The van der Waals surface area contributed by atoms with Gasteiger partial charge in [0.15, 0.2) is 0 Å². The Morgan fingerprint density at radius 3 is 2.71 bits per heavy atom. The number of anilines is 1. The maximum Gasteiger partial charge on any atom is 0.128 e. The molecule has 0 aromatic carbocycles. The fourth-order valence-electron chi connectivity index (χ4n) is 1.33. The first kappa shape index (κ1) is 11.8. The lowest BCUT2D eigenvalue weighted by atomic mass is 10.3. The third-order valence-electron chi connectivity index (χ3n) is 2.16. The van der Waals surface area contributed by atoms with E-state index in [0.29, 0.717) is 0 Å². The van der Waals surface area contributed by atoms with Crippen molar-refractivity contribution < 1.29 is 0 Å². The van der Waals surface area contributed by atoms with Gasteiger partial charge in [-0.05, 0) is 31.9 Å². The van der Waals surface area contributed by atoms with Crippen molar-refractivity contribution >= 4 is 28.4 Å². The van der Waals surface area contributed by atoms with E-state index in [1.165, 1.54) is 16.4 Å². The van der Waals surface area contributed by atoms with Crippen molar-refractivity contribution in [3.8, 4) is 0 Å². The van der Waals surface area contributed by atoms with E-state index in [4.69, 9.17) is 0 Å². The number of hydrogen-bond acceptors (Lipinski definition) is 2. The van der Waals surface area contributed by atoms with Gasteiger partial charge in [-0.3, -0.25) is 0 Å². The minimum Gasteiger partial charge on any atom is -0.357 e. The Morgan fingerprint density at radius 1 is 1.43 bits per heavy atom. The van der Waals surface area contributed by atoms with Crippen LogP contribution in [0, 0.1) is 6.92 Å². The van der Waals surface area contributed by atoms with Gasteiger partial charge in [0, 0.05) is 23.7 Å². The predicted octanol–water partition coefficient (Wildman–Crippen LogP) is 3.04. The third kappa shape index (κ3) is 3.44. The van der Waals surface area contributed by atoms with E-state index in [0.717, 1.165) is 18.9 Å². The number of halogens is 1. The third-order valence-corrected chi connectivity index (χ3v) is 2.93. The summed E-state index contributed by atoms with van der Waals surface area (Å²) in [6, 6.07) is 4.22. The molecule has 0 aliphatic carbocycles. The predicted molar refractivity (Wildman–Crippen MR) is 70.4 cm³/mol. The molecular weight excluding hydrogens is 287 g/mol. The molecule has 0 saturated heterocycles. The van der Waals surface area contributed by atoms with Crippen LogP contribution in [0.4, 0.5) is 5.82 Å². The molecule has 0 radical (unpaired) electrons. The number of aryl methyl sites for hydroxylation is 1. The molecule has 0 fully saturated rings. The fraction of sp³-hybridized carbons (Fsp3) is 0.545. The Balaban J connectivity index is 2.64. The Morgan fingerprint density at radius 2 is 2.21 bits per heavy atom. The van der Waals surface area contributed by atoms with Gasteiger partial charge >= 0.3 is 0 Å². The molecule has 0 aliphatic heterocycles. The molecule has 1 aromatic heterocycles. The average Bonchev–Trinajstić information content (AvgIpc) is 2.21. The summed E-state index contributed by atoms with van der Waals surface area (Å²) in [7, 11) is 0. The Bertz CT molecular complexity index is 258. The molecule has 0 N–H and O–H groups in total. The van der Waals surface area contributed by atoms with Crippen LogP contribution >= 0.6 is 22.6 Å². The molecular formula is C11H17IN2. The van der Waals surface area contributed by atoms with Crippen LogP contribution in [0.2, 0.25) is 0 Å². The van der Waals surface area contributed by atoms with E-state index in [9.17, 15) is 0 Å². The largest absolute Gasteiger partial charge is 0.357 e. The summed E-state index contributed by atoms with van der Waals surface area (Å²) >= 11 is 2.41. The highest BCUT2D eigenvalue weighted by Crippen LogP contribution is 2.11. The van der Waals surface area contributed by atoms with Crippen LogP contribution in [0.5, 0.6) is 0 Å². The Hall–Kier alpha value is -0.320. The van der Waals surface area contributed by atoms with Crippen LogP contribution in [0.25, 0.3) is 0 Å². The maximum absolute atomic E-state index is 4.43. The molecule has 0 bridgehead atoms. The van der Waals surface area contributed by atoms with E-state index < -0.39 is 0 Å². The van der Waals surface area contributed by atoms with E-state index in [1.54, 1.807) is 0 Å². The average molecular weight is 304 g/mol. The first-order chi connectivity index (χ1) is 6.77. The van der Waals surface area contributed by atoms with Gasteiger partial charge in [0.25, 0.3) is 0 Å². The number of nitrogens with zero attached hydrogens (tertiary/aromatic N) is 2. The lowest BCUT2D eigenvalue weighted by Crippen LogP contribution is -2.25. The molecule has 0 spiro atoms. The highest BCUT2D eigenvalue weighted by atomic mass is 127. The summed E-state index contributed by atoms with van der Waals surface area (Å²) in [6.45, 7) is 6.38. The van der Waals surface area contributed by atoms with Gasteiger partial charge in [0.05, 0.1) is 0 Å². The second-order valence-electron chi connectivity index (χ2n) is 3.32. The van der Waals surface area contributed by atoms with E-state index in [-0.39, 0.29) is 0 Å². The first-order valence-corrected chi connectivity index (χ1v) is 6.54. The quantitative estimate of drug-likeness (QED) is 0.614. The first-order valence-electron chi connectivity index (χ1n) is 5.01. The minimum absolute atomic E-state index is 1.03. The molecule has 0 aliphatic rings. The van der Waals surface area contributed by atoms with Crippen molar-refractivity contribution in [3.63, 3.8) is 0 Å². The zero-order valence-electron chi connectivity index (χ0n) is 8.83. The van der Waals surface area contributed by atoms with Gasteiger partial charge in [-0.25, -0.2) is 4.98 Å². The lowest BCUT2D eigenvalue weighted by Gasteiger charge is -2.21. The fourth-order valence-corrected chi connectivity index (χ4v) is 1.67. The second-order valence-corrected chi connectivity index (χ2v) is 4.39. The molecule has 0 atom stereocenters. The SMILES string of the molecule is CCN(CCCI)c1ccc(C)cn1. The molecule has 3 heteroatoms. The van der Waals surface area contributed by atoms with Crippen molar-refractivity contribution in [2.75, 3.05) is 22.4 Å². The van der Waals surface area contributed by atoms with Gasteiger partial charge in [-0.2, -0.15) is 0 Å². The molecule has 0 saturated carbocycles. The standard InChI is InChI=1S/C11H17IN2/c1-3-14(8-4-7-12)11-6-5-10(2)9-13-11/h5-6,9H,3-4,7-8H2,1-2H3. The normalized spacial score (nSPS) is 10.2. The minimum atomic E-state index is 1.03. The zero-order valence-corrected chi connectivity index (χ0v) is 11.0. The molecule has 2 nitrogen and oxygen atoms in total. The van der Waals surface area contributed by atoms with Gasteiger partial charge in [-0.1, -0.05) is 28.7 Å².